The highest BCUT2D eigenvalue weighted by Gasteiger charge is 2.50. The summed E-state index contributed by atoms with van der Waals surface area (Å²) < 4.78 is 12.2. The Balaban J connectivity index is 1.15. The molecule has 0 radical (unpaired) electrons. The summed E-state index contributed by atoms with van der Waals surface area (Å²) in [6, 6.07) is 19.1. The normalized spacial score (nSPS) is 27.2. The molecule has 1 spiro atoms. The zero-order chi connectivity index (χ0) is 16.7. The van der Waals surface area contributed by atoms with Crippen molar-refractivity contribution in [1.82, 2.24) is 4.90 Å². The molecular formula is C22H25NO2. The number of para-hydroxylation sites is 1. The van der Waals surface area contributed by atoms with Gasteiger partial charge in [-0.15, -0.1) is 0 Å². The topological polar surface area (TPSA) is 21.7 Å². The van der Waals surface area contributed by atoms with Crippen molar-refractivity contribution in [1.29, 1.82) is 0 Å². The maximum Gasteiger partial charge on any atom is 0.125 e. The van der Waals surface area contributed by atoms with E-state index < -0.39 is 0 Å². The van der Waals surface area contributed by atoms with Crippen LogP contribution in [0.1, 0.15) is 29.9 Å². The average Bonchev–Trinajstić information content (AvgIpc) is 3.21. The third kappa shape index (κ3) is 2.96. The smallest absolute Gasteiger partial charge is 0.125 e. The van der Waals surface area contributed by atoms with E-state index in [1.165, 1.54) is 19.4 Å². The van der Waals surface area contributed by atoms with Gasteiger partial charge in [0.25, 0.3) is 0 Å². The van der Waals surface area contributed by atoms with Gasteiger partial charge in [0.2, 0.25) is 0 Å². The predicted molar refractivity (Wildman–Crippen MR) is 98.1 cm³/mol. The Hall–Kier alpha value is -1.84. The third-order valence-electron chi connectivity index (χ3n) is 5.98. The molecule has 0 aromatic heterocycles. The van der Waals surface area contributed by atoms with Gasteiger partial charge < -0.3 is 9.47 Å². The van der Waals surface area contributed by atoms with Gasteiger partial charge in [0.15, 0.2) is 0 Å². The van der Waals surface area contributed by atoms with Crippen molar-refractivity contribution in [3.8, 4) is 5.75 Å². The van der Waals surface area contributed by atoms with Crippen molar-refractivity contribution in [2.45, 2.75) is 36.9 Å². The van der Waals surface area contributed by atoms with E-state index >= 15 is 0 Å². The fraction of sp³-hybridized carbons (Fsp3) is 0.455. The lowest BCUT2D eigenvalue weighted by Gasteiger charge is -2.48. The monoisotopic (exact) mass is 335 g/mol. The number of rotatable bonds is 4. The number of likely N-dealkylation sites (tertiary alicyclic amines) is 1. The number of benzene rings is 2. The maximum absolute atomic E-state index is 6.16. The summed E-state index contributed by atoms with van der Waals surface area (Å²) in [4.78, 5) is 2.57. The summed E-state index contributed by atoms with van der Waals surface area (Å²) in [6.07, 6.45) is 3.74. The first-order chi connectivity index (χ1) is 12.3. The van der Waals surface area contributed by atoms with E-state index in [0.29, 0.717) is 5.92 Å². The van der Waals surface area contributed by atoms with Crippen LogP contribution in [0.4, 0.5) is 0 Å². The molecule has 2 heterocycles. The molecule has 3 nitrogen and oxygen atoms in total. The number of ether oxygens (including phenoxy) is 2. The molecule has 0 N–H and O–H groups in total. The number of nitrogens with zero attached hydrogens (tertiary/aromatic N) is 1. The van der Waals surface area contributed by atoms with Crippen LogP contribution in [0.25, 0.3) is 0 Å². The Kier molecular flexibility index (Phi) is 3.79. The van der Waals surface area contributed by atoms with Gasteiger partial charge in [0, 0.05) is 26.1 Å². The van der Waals surface area contributed by atoms with Gasteiger partial charge in [-0.25, -0.2) is 0 Å². The van der Waals surface area contributed by atoms with E-state index in [0.717, 1.165) is 31.9 Å². The third-order valence-corrected chi connectivity index (χ3v) is 5.98. The van der Waals surface area contributed by atoms with Gasteiger partial charge >= 0.3 is 0 Å². The van der Waals surface area contributed by atoms with Crippen LogP contribution >= 0.6 is 0 Å². The Morgan fingerprint density at radius 3 is 2.72 bits per heavy atom. The van der Waals surface area contributed by atoms with Crippen molar-refractivity contribution in [2.24, 2.45) is 0 Å². The molecule has 1 aliphatic carbocycles. The Bertz CT molecular complexity index is 739. The summed E-state index contributed by atoms with van der Waals surface area (Å²) in [5, 5.41) is 0. The van der Waals surface area contributed by atoms with Crippen LogP contribution in [0, 0.1) is 0 Å². The Morgan fingerprint density at radius 2 is 1.84 bits per heavy atom. The number of hydrogen-bond donors (Lipinski definition) is 0. The van der Waals surface area contributed by atoms with Gasteiger partial charge in [-0.05, 0) is 42.0 Å². The fourth-order valence-corrected chi connectivity index (χ4v) is 4.83. The lowest BCUT2D eigenvalue weighted by Crippen LogP contribution is -2.62. The van der Waals surface area contributed by atoms with Gasteiger partial charge in [0.05, 0.1) is 12.2 Å². The van der Waals surface area contributed by atoms with Gasteiger partial charge in [-0.1, -0.05) is 42.5 Å². The van der Waals surface area contributed by atoms with E-state index in [1.54, 1.807) is 11.1 Å². The first-order valence-electron chi connectivity index (χ1n) is 9.46. The van der Waals surface area contributed by atoms with Crippen LogP contribution in [0.15, 0.2) is 54.6 Å². The second kappa shape index (κ2) is 6.15. The molecule has 2 saturated heterocycles. The number of fused-ring (bicyclic) bond motifs is 1. The van der Waals surface area contributed by atoms with E-state index in [2.05, 4.69) is 29.2 Å². The molecule has 0 amide bonds. The molecule has 2 aliphatic heterocycles. The molecule has 5 rings (SSSR count). The van der Waals surface area contributed by atoms with Crippen LogP contribution in [0.2, 0.25) is 0 Å². The molecule has 2 atom stereocenters. The van der Waals surface area contributed by atoms with E-state index in [-0.39, 0.29) is 11.7 Å². The molecule has 2 aromatic rings. The minimum Gasteiger partial charge on any atom is -0.488 e. The van der Waals surface area contributed by atoms with E-state index in [9.17, 15) is 0 Å². The zero-order valence-electron chi connectivity index (χ0n) is 14.6. The molecule has 3 heteroatoms. The van der Waals surface area contributed by atoms with Gasteiger partial charge in [-0.3, -0.25) is 4.90 Å². The quantitative estimate of drug-likeness (QED) is 0.851. The summed E-state index contributed by atoms with van der Waals surface area (Å²) >= 11 is 0. The van der Waals surface area contributed by atoms with Crippen LogP contribution in [0.5, 0.6) is 5.75 Å². The molecule has 2 fully saturated rings. The number of aryl methyl sites for hydroxylation is 1. The standard InChI is InChI=1S/C22H25NO2/c1-2-7-19(8-3-1)25-20-12-22(24-14-20)15-23(16-22)13-18-11-10-17-6-4-5-9-21(17)18/h1-9,18,20H,10-16H2/t18?,20-/m0/s1. The molecule has 1 unspecified atom stereocenters. The second-order valence-electron chi connectivity index (χ2n) is 7.86. The molecule has 25 heavy (non-hydrogen) atoms. The highest BCUT2D eigenvalue weighted by molar-refractivity contribution is 5.35. The summed E-state index contributed by atoms with van der Waals surface area (Å²) in [5.74, 6) is 1.65. The molecule has 130 valence electrons. The second-order valence-corrected chi connectivity index (χ2v) is 7.86. The summed E-state index contributed by atoms with van der Waals surface area (Å²) in [7, 11) is 0. The molecule has 0 bridgehead atoms. The van der Waals surface area contributed by atoms with Crippen LogP contribution < -0.4 is 4.74 Å². The molecule has 0 saturated carbocycles. The Morgan fingerprint density at radius 1 is 1.04 bits per heavy atom. The lowest BCUT2D eigenvalue weighted by molar-refractivity contribution is -0.112. The molecular weight excluding hydrogens is 310 g/mol. The minimum atomic E-state index is 0.0393. The van der Waals surface area contributed by atoms with Crippen LogP contribution in [-0.2, 0) is 11.2 Å². The van der Waals surface area contributed by atoms with E-state index in [4.69, 9.17) is 9.47 Å². The largest absolute Gasteiger partial charge is 0.488 e. The number of hydrogen-bond acceptors (Lipinski definition) is 3. The van der Waals surface area contributed by atoms with Crippen molar-refractivity contribution in [3.63, 3.8) is 0 Å². The van der Waals surface area contributed by atoms with E-state index in [1.807, 2.05) is 30.3 Å². The summed E-state index contributed by atoms with van der Waals surface area (Å²) in [6.45, 7) is 4.00. The SMILES string of the molecule is c1ccc(O[C@@H]2COC3(C2)CN(CC2CCc4ccccc42)C3)cc1. The van der Waals surface area contributed by atoms with Crippen LogP contribution in [-0.4, -0.2) is 42.8 Å². The molecule has 2 aromatic carbocycles. The fourth-order valence-electron chi connectivity index (χ4n) is 4.83. The first-order valence-corrected chi connectivity index (χ1v) is 9.46. The van der Waals surface area contributed by atoms with Gasteiger partial charge in [0.1, 0.15) is 11.9 Å². The van der Waals surface area contributed by atoms with Gasteiger partial charge in [-0.2, -0.15) is 0 Å². The van der Waals surface area contributed by atoms with Crippen LogP contribution in [0.3, 0.4) is 0 Å². The zero-order valence-corrected chi connectivity index (χ0v) is 14.6. The highest BCUT2D eigenvalue weighted by Crippen LogP contribution is 2.40. The molecule has 3 aliphatic rings. The first kappa shape index (κ1) is 15.4. The Labute approximate surface area is 149 Å². The maximum atomic E-state index is 6.16. The lowest BCUT2D eigenvalue weighted by atomic mass is 9.88. The van der Waals surface area contributed by atoms with Crippen molar-refractivity contribution >= 4 is 0 Å². The highest BCUT2D eigenvalue weighted by atomic mass is 16.6. The summed E-state index contributed by atoms with van der Waals surface area (Å²) in [5.41, 5.74) is 3.16. The average molecular weight is 335 g/mol. The van der Waals surface area contributed by atoms with Crippen molar-refractivity contribution in [3.05, 3.63) is 65.7 Å². The minimum absolute atomic E-state index is 0.0393. The van der Waals surface area contributed by atoms with Crippen molar-refractivity contribution < 1.29 is 9.47 Å². The predicted octanol–water partition coefficient (Wildman–Crippen LogP) is 3.64. The van der Waals surface area contributed by atoms with Crippen molar-refractivity contribution in [2.75, 3.05) is 26.2 Å².